The van der Waals surface area contributed by atoms with Crippen LogP contribution in [0.5, 0.6) is 0 Å². The molecule has 0 saturated carbocycles. The van der Waals surface area contributed by atoms with E-state index in [1.54, 1.807) is 0 Å². The van der Waals surface area contributed by atoms with Gasteiger partial charge < -0.3 is 5.32 Å². The minimum Gasteiger partial charge on any atom is -0.313 e. The molecule has 0 aliphatic carbocycles. The largest absolute Gasteiger partial charge is 0.313 e. The molecule has 0 radical (unpaired) electrons. The molecule has 0 spiro atoms. The van der Waals surface area contributed by atoms with Crippen molar-refractivity contribution in [3.05, 3.63) is 41.7 Å². The number of aromatic nitrogens is 2. The van der Waals surface area contributed by atoms with E-state index in [0.717, 1.165) is 19.6 Å². The maximum atomic E-state index is 4.35. The smallest absolute Gasteiger partial charge is 0.0568 e. The van der Waals surface area contributed by atoms with Crippen LogP contribution >= 0.6 is 0 Å². The second kappa shape index (κ2) is 5.83. The fourth-order valence-electron chi connectivity index (χ4n) is 2.04. The minimum absolute atomic E-state index is 0.913. The van der Waals surface area contributed by atoms with E-state index in [1.165, 1.54) is 22.3 Å². The highest BCUT2D eigenvalue weighted by molar-refractivity contribution is 5.66. The summed E-state index contributed by atoms with van der Waals surface area (Å²) in [5.74, 6) is 0. The van der Waals surface area contributed by atoms with E-state index in [2.05, 4.69) is 55.6 Å². The minimum atomic E-state index is 0.913. The summed E-state index contributed by atoms with van der Waals surface area (Å²) in [6, 6.07) is 6.63. The molecule has 3 nitrogen and oxygen atoms in total. The highest BCUT2D eigenvalue weighted by Crippen LogP contribution is 2.24. The molecular weight excluding hydrogens is 222 g/mol. The lowest BCUT2D eigenvalue weighted by Crippen LogP contribution is -2.11. The molecule has 1 N–H and O–H groups in total. The molecule has 0 unspecified atom stereocenters. The summed E-state index contributed by atoms with van der Waals surface area (Å²) < 4.78 is 1.96. The molecule has 0 fully saturated rings. The normalized spacial score (nSPS) is 10.8. The number of hydrogen-bond donors (Lipinski definition) is 1. The molecule has 1 aromatic carbocycles. The highest BCUT2D eigenvalue weighted by atomic mass is 15.3. The number of benzene rings is 1. The van der Waals surface area contributed by atoms with E-state index in [1.807, 2.05) is 10.9 Å². The molecule has 0 aliphatic rings. The van der Waals surface area contributed by atoms with Gasteiger partial charge in [0, 0.05) is 24.8 Å². The Bertz CT molecular complexity index is 514. The van der Waals surface area contributed by atoms with Crippen molar-refractivity contribution in [3.63, 3.8) is 0 Å². The van der Waals surface area contributed by atoms with Gasteiger partial charge in [0.1, 0.15) is 0 Å². The molecule has 0 saturated heterocycles. The first kappa shape index (κ1) is 12.8. The number of nitrogens with zero attached hydrogens (tertiary/aromatic N) is 2. The summed E-state index contributed by atoms with van der Waals surface area (Å²) in [5, 5.41) is 7.70. The lowest BCUT2D eigenvalue weighted by Gasteiger charge is -2.08. The van der Waals surface area contributed by atoms with Crippen molar-refractivity contribution in [3.8, 4) is 11.1 Å². The summed E-state index contributed by atoms with van der Waals surface area (Å²) in [6.07, 6.45) is 4.06. The lowest BCUT2D eigenvalue weighted by atomic mass is 10.0. The molecule has 1 aromatic heterocycles. The number of nitrogens with one attached hydrogen (secondary N) is 1. The molecule has 2 rings (SSSR count). The third-order valence-electron chi connectivity index (χ3n) is 3.15. The first-order valence-electron chi connectivity index (χ1n) is 6.57. The van der Waals surface area contributed by atoms with E-state index >= 15 is 0 Å². The van der Waals surface area contributed by atoms with E-state index in [9.17, 15) is 0 Å². The Morgan fingerprint density at radius 1 is 1.28 bits per heavy atom. The van der Waals surface area contributed by atoms with Gasteiger partial charge in [0.25, 0.3) is 0 Å². The Labute approximate surface area is 109 Å². The molecule has 0 bridgehead atoms. The van der Waals surface area contributed by atoms with Crippen LogP contribution in [0.3, 0.4) is 0 Å². The first-order valence-corrected chi connectivity index (χ1v) is 6.57. The van der Waals surface area contributed by atoms with Crippen molar-refractivity contribution in [1.29, 1.82) is 0 Å². The van der Waals surface area contributed by atoms with Crippen LogP contribution < -0.4 is 5.32 Å². The second-order valence-corrected chi connectivity index (χ2v) is 4.51. The number of hydrogen-bond acceptors (Lipinski definition) is 2. The fraction of sp³-hybridized carbons (Fsp3) is 0.400. The van der Waals surface area contributed by atoms with Crippen molar-refractivity contribution in [2.45, 2.75) is 33.9 Å². The second-order valence-electron chi connectivity index (χ2n) is 4.51. The Kier molecular flexibility index (Phi) is 4.15. The third-order valence-corrected chi connectivity index (χ3v) is 3.15. The van der Waals surface area contributed by atoms with Gasteiger partial charge in [0.05, 0.1) is 6.20 Å². The molecule has 3 heteroatoms. The predicted molar refractivity (Wildman–Crippen MR) is 75.5 cm³/mol. The van der Waals surface area contributed by atoms with Crippen molar-refractivity contribution in [2.24, 2.45) is 0 Å². The zero-order valence-corrected chi connectivity index (χ0v) is 11.4. The van der Waals surface area contributed by atoms with Gasteiger partial charge in [-0.1, -0.05) is 19.1 Å². The molecule has 18 heavy (non-hydrogen) atoms. The van der Waals surface area contributed by atoms with Crippen molar-refractivity contribution >= 4 is 0 Å². The fourth-order valence-corrected chi connectivity index (χ4v) is 2.04. The maximum absolute atomic E-state index is 4.35. The molecule has 0 aliphatic heterocycles. The van der Waals surface area contributed by atoms with Crippen molar-refractivity contribution in [2.75, 3.05) is 6.54 Å². The van der Waals surface area contributed by atoms with E-state index in [4.69, 9.17) is 0 Å². The van der Waals surface area contributed by atoms with E-state index in [-0.39, 0.29) is 0 Å². The van der Waals surface area contributed by atoms with Crippen molar-refractivity contribution < 1.29 is 0 Å². The summed E-state index contributed by atoms with van der Waals surface area (Å²) in [7, 11) is 0. The maximum Gasteiger partial charge on any atom is 0.0568 e. The van der Waals surface area contributed by atoms with Gasteiger partial charge in [-0.2, -0.15) is 5.10 Å². The van der Waals surface area contributed by atoms with Crippen LogP contribution in [0, 0.1) is 6.92 Å². The van der Waals surface area contributed by atoms with Gasteiger partial charge in [-0.05, 0) is 43.1 Å². The summed E-state index contributed by atoms with van der Waals surface area (Å²) in [5.41, 5.74) is 5.10. The molecule has 96 valence electrons. The topological polar surface area (TPSA) is 29.9 Å². The molecule has 0 amide bonds. The summed E-state index contributed by atoms with van der Waals surface area (Å²) in [4.78, 5) is 0. The Balaban J connectivity index is 2.30. The van der Waals surface area contributed by atoms with Gasteiger partial charge in [-0.15, -0.1) is 0 Å². The number of aryl methyl sites for hydroxylation is 2. The predicted octanol–water partition coefficient (Wildman–Crippen LogP) is 2.99. The van der Waals surface area contributed by atoms with Crippen LogP contribution in [0.25, 0.3) is 11.1 Å². The first-order chi connectivity index (χ1) is 8.74. The van der Waals surface area contributed by atoms with Crippen molar-refractivity contribution in [1.82, 2.24) is 15.1 Å². The van der Waals surface area contributed by atoms with Gasteiger partial charge in [-0.3, -0.25) is 4.68 Å². The van der Waals surface area contributed by atoms with Crippen LogP contribution in [0.2, 0.25) is 0 Å². The van der Waals surface area contributed by atoms with Gasteiger partial charge >= 0.3 is 0 Å². The summed E-state index contributed by atoms with van der Waals surface area (Å²) >= 11 is 0. The van der Waals surface area contributed by atoms with E-state index < -0.39 is 0 Å². The third kappa shape index (κ3) is 2.79. The van der Waals surface area contributed by atoms with Crippen LogP contribution in [-0.2, 0) is 13.1 Å². The number of rotatable bonds is 5. The zero-order chi connectivity index (χ0) is 13.0. The Morgan fingerprint density at radius 2 is 2.11 bits per heavy atom. The van der Waals surface area contributed by atoms with Crippen LogP contribution in [0.4, 0.5) is 0 Å². The van der Waals surface area contributed by atoms with Crippen LogP contribution in [-0.4, -0.2) is 16.3 Å². The lowest BCUT2D eigenvalue weighted by molar-refractivity contribution is 0.660. The average Bonchev–Trinajstić information content (AvgIpc) is 2.86. The monoisotopic (exact) mass is 243 g/mol. The quantitative estimate of drug-likeness (QED) is 0.875. The van der Waals surface area contributed by atoms with E-state index in [0.29, 0.717) is 0 Å². The Morgan fingerprint density at radius 3 is 2.78 bits per heavy atom. The molecular formula is C15H21N3. The Hall–Kier alpha value is -1.61. The zero-order valence-electron chi connectivity index (χ0n) is 11.4. The van der Waals surface area contributed by atoms with Crippen LogP contribution in [0.1, 0.15) is 25.0 Å². The molecule has 1 heterocycles. The average molecular weight is 243 g/mol. The van der Waals surface area contributed by atoms with Crippen LogP contribution in [0.15, 0.2) is 30.6 Å². The van der Waals surface area contributed by atoms with Gasteiger partial charge in [-0.25, -0.2) is 0 Å². The summed E-state index contributed by atoms with van der Waals surface area (Å²) in [6.45, 7) is 9.21. The molecule has 0 atom stereocenters. The van der Waals surface area contributed by atoms with Gasteiger partial charge in [0.2, 0.25) is 0 Å². The highest BCUT2D eigenvalue weighted by Gasteiger charge is 2.05. The van der Waals surface area contributed by atoms with Gasteiger partial charge in [0.15, 0.2) is 0 Å². The SMILES string of the molecule is CCNCc1ccc(C)c(-c2cnn(CC)c2)c1. The standard InChI is InChI=1S/C15H21N3/c1-4-16-9-13-7-6-12(3)15(8-13)14-10-17-18(5-2)11-14/h6-8,10-11,16H,4-5,9H2,1-3H3. The molecule has 2 aromatic rings.